The molecule has 2 aromatic carbocycles. The van der Waals surface area contributed by atoms with Crippen molar-refractivity contribution < 1.29 is 27.4 Å². The highest BCUT2D eigenvalue weighted by molar-refractivity contribution is 7.90. The molecule has 26 heavy (non-hydrogen) atoms. The number of carbonyl (C=O) groups is 1. The minimum absolute atomic E-state index is 0.161. The Morgan fingerprint density at radius 3 is 2.38 bits per heavy atom. The van der Waals surface area contributed by atoms with Crippen LogP contribution in [0.25, 0.3) is 11.1 Å². The number of H-pyrrole nitrogens is 1. The van der Waals surface area contributed by atoms with Gasteiger partial charge in [0, 0.05) is 6.26 Å². The van der Waals surface area contributed by atoms with Crippen LogP contribution in [0, 0.1) is 5.82 Å². The van der Waals surface area contributed by atoms with Gasteiger partial charge in [-0.3, -0.25) is 0 Å². The number of rotatable bonds is 5. The Bertz CT molecular complexity index is 1080. The Hall–Kier alpha value is -3.27. The molecule has 10 heteroatoms. The molecule has 134 valence electrons. The fourth-order valence-electron chi connectivity index (χ4n) is 2.19. The van der Waals surface area contributed by atoms with E-state index < -0.39 is 27.3 Å². The molecule has 0 amide bonds. The third kappa shape index (κ3) is 3.54. The highest BCUT2D eigenvalue weighted by Gasteiger charge is 2.18. The molecule has 0 bridgehead atoms. The molecule has 0 atom stereocenters. The zero-order valence-electron chi connectivity index (χ0n) is 13.3. The van der Waals surface area contributed by atoms with Crippen LogP contribution in [0.2, 0.25) is 0 Å². The summed E-state index contributed by atoms with van der Waals surface area (Å²) in [5.41, 5.74) is 0.703. The van der Waals surface area contributed by atoms with Gasteiger partial charge in [-0.1, -0.05) is 28.5 Å². The third-order valence-corrected chi connectivity index (χ3v) is 4.61. The maximum absolute atomic E-state index is 14.3. The molecule has 0 aliphatic rings. The monoisotopic (exact) mass is 377 g/mol. The SMILES string of the molecule is CS(=O)(=O)c1ccc(-c2ccc(Oc3nn[nH]c3C(=O)O)c(F)c2)cc1. The van der Waals surface area contributed by atoms with Crippen molar-refractivity contribution >= 4 is 15.8 Å². The number of hydrogen-bond donors (Lipinski definition) is 2. The molecular formula is C16H12FN3O5S. The van der Waals surface area contributed by atoms with Crippen molar-refractivity contribution in [1.82, 2.24) is 15.4 Å². The Morgan fingerprint density at radius 2 is 1.81 bits per heavy atom. The fraction of sp³-hybridized carbons (Fsp3) is 0.0625. The van der Waals surface area contributed by atoms with Crippen LogP contribution in [0.1, 0.15) is 10.5 Å². The molecule has 0 radical (unpaired) electrons. The molecule has 8 nitrogen and oxygen atoms in total. The van der Waals surface area contributed by atoms with E-state index >= 15 is 0 Å². The van der Waals surface area contributed by atoms with Crippen molar-refractivity contribution in [2.45, 2.75) is 4.90 Å². The lowest BCUT2D eigenvalue weighted by molar-refractivity contribution is 0.0687. The van der Waals surface area contributed by atoms with E-state index in [4.69, 9.17) is 9.84 Å². The van der Waals surface area contributed by atoms with Crippen LogP contribution >= 0.6 is 0 Å². The van der Waals surface area contributed by atoms with E-state index in [0.29, 0.717) is 11.1 Å². The molecule has 1 heterocycles. The van der Waals surface area contributed by atoms with Gasteiger partial charge in [0.05, 0.1) is 4.90 Å². The number of nitrogens with one attached hydrogen (secondary N) is 1. The minimum atomic E-state index is -3.31. The van der Waals surface area contributed by atoms with Crippen molar-refractivity contribution in [2.75, 3.05) is 6.26 Å². The number of carboxylic acids is 1. The van der Waals surface area contributed by atoms with Gasteiger partial charge in [-0.15, -0.1) is 0 Å². The topological polar surface area (TPSA) is 122 Å². The molecular weight excluding hydrogens is 365 g/mol. The number of nitrogens with zero attached hydrogens (tertiary/aromatic N) is 2. The number of aromatic nitrogens is 3. The smallest absolute Gasteiger partial charge is 0.359 e. The lowest BCUT2D eigenvalue weighted by atomic mass is 10.1. The number of carboxylic acid groups (broad SMARTS) is 1. The fourth-order valence-corrected chi connectivity index (χ4v) is 2.82. The minimum Gasteiger partial charge on any atom is -0.476 e. The van der Waals surface area contributed by atoms with Gasteiger partial charge >= 0.3 is 5.97 Å². The lowest BCUT2D eigenvalue weighted by Gasteiger charge is -2.07. The summed E-state index contributed by atoms with van der Waals surface area (Å²) in [7, 11) is -3.31. The standard InChI is InChI=1S/C16H12FN3O5S/c1-26(23,24)11-5-2-9(3-6-11)10-4-7-13(12(17)8-10)25-15-14(16(21)22)18-20-19-15/h2-8H,1H3,(H,21,22)(H,18,19,20). The van der Waals surface area contributed by atoms with Crippen LogP contribution in [0.5, 0.6) is 11.6 Å². The number of aromatic carboxylic acids is 1. The van der Waals surface area contributed by atoms with Gasteiger partial charge in [0.2, 0.25) is 5.69 Å². The van der Waals surface area contributed by atoms with E-state index in [9.17, 15) is 17.6 Å². The van der Waals surface area contributed by atoms with Crippen LogP contribution in [0.15, 0.2) is 47.4 Å². The zero-order valence-corrected chi connectivity index (χ0v) is 14.1. The highest BCUT2D eigenvalue weighted by atomic mass is 32.2. The second-order valence-corrected chi connectivity index (χ2v) is 7.36. The van der Waals surface area contributed by atoms with Crippen molar-refractivity contribution in [2.24, 2.45) is 0 Å². The van der Waals surface area contributed by atoms with Crippen molar-refractivity contribution in [3.8, 4) is 22.8 Å². The van der Waals surface area contributed by atoms with Crippen molar-refractivity contribution in [3.63, 3.8) is 0 Å². The van der Waals surface area contributed by atoms with Gasteiger partial charge in [-0.2, -0.15) is 0 Å². The second-order valence-electron chi connectivity index (χ2n) is 5.34. The summed E-state index contributed by atoms with van der Waals surface area (Å²) in [6, 6.07) is 10.0. The summed E-state index contributed by atoms with van der Waals surface area (Å²) in [6.45, 7) is 0. The van der Waals surface area contributed by atoms with Gasteiger partial charge in [0.15, 0.2) is 21.4 Å². The number of hydrogen-bond acceptors (Lipinski definition) is 6. The van der Waals surface area contributed by atoms with Gasteiger partial charge in [0.1, 0.15) is 0 Å². The third-order valence-electron chi connectivity index (χ3n) is 3.48. The van der Waals surface area contributed by atoms with Crippen molar-refractivity contribution in [1.29, 1.82) is 0 Å². The van der Waals surface area contributed by atoms with E-state index in [-0.39, 0.29) is 16.5 Å². The van der Waals surface area contributed by atoms with Gasteiger partial charge < -0.3 is 9.84 Å². The van der Waals surface area contributed by atoms with Gasteiger partial charge in [0.25, 0.3) is 5.88 Å². The molecule has 0 saturated heterocycles. The van der Waals surface area contributed by atoms with E-state index in [1.54, 1.807) is 18.2 Å². The molecule has 0 fully saturated rings. The molecule has 2 N–H and O–H groups in total. The first-order chi connectivity index (χ1) is 12.3. The molecule has 3 rings (SSSR count). The zero-order chi connectivity index (χ0) is 18.9. The molecule has 0 saturated carbocycles. The first-order valence-corrected chi connectivity index (χ1v) is 9.07. The van der Waals surface area contributed by atoms with Gasteiger partial charge in [-0.05, 0) is 35.4 Å². The number of halogens is 1. The molecule has 1 aromatic heterocycles. The normalized spacial score (nSPS) is 11.3. The highest BCUT2D eigenvalue weighted by Crippen LogP contribution is 2.29. The maximum Gasteiger partial charge on any atom is 0.359 e. The number of benzene rings is 2. The van der Waals surface area contributed by atoms with Crippen LogP contribution in [-0.4, -0.2) is 41.2 Å². The first-order valence-electron chi connectivity index (χ1n) is 7.18. The molecule has 0 aliphatic carbocycles. The first kappa shape index (κ1) is 17.5. The van der Waals surface area contributed by atoms with E-state index in [1.807, 2.05) is 0 Å². The average Bonchev–Trinajstić information content (AvgIpc) is 3.04. The molecule has 0 spiro atoms. The summed E-state index contributed by atoms with van der Waals surface area (Å²) in [6.07, 6.45) is 1.10. The Kier molecular flexibility index (Phi) is 4.43. The number of aromatic amines is 1. The predicted molar refractivity (Wildman–Crippen MR) is 88.4 cm³/mol. The Labute approximate surface area is 147 Å². The summed E-state index contributed by atoms with van der Waals surface area (Å²) < 4.78 is 42.4. The lowest BCUT2D eigenvalue weighted by Crippen LogP contribution is -2.00. The van der Waals surface area contributed by atoms with E-state index in [1.165, 1.54) is 24.3 Å². The molecule has 3 aromatic rings. The molecule has 0 unspecified atom stereocenters. The van der Waals surface area contributed by atoms with Crippen LogP contribution in [-0.2, 0) is 9.84 Å². The quantitative estimate of drug-likeness (QED) is 0.700. The summed E-state index contributed by atoms with van der Waals surface area (Å²) in [5, 5.41) is 17.9. The molecule has 0 aliphatic heterocycles. The predicted octanol–water partition coefficient (Wildman–Crippen LogP) is 2.50. The Balaban J connectivity index is 1.88. The summed E-state index contributed by atoms with van der Waals surface area (Å²) in [5.74, 6) is -2.67. The summed E-state index contributed by atoms with van der Waals surface area (Å²) >= 11 is 0. The maximum atomic E-state index is 14.3. The van der Waals surface area contributed by atoms with E-state index in [2.05, 4.69) is 15.4 Å². The van der Waals surface area contributed by atoms with Crippen LogP contribution in [0.4, 0.5) is 4.39 Å². The summed E-state index contributed by atoms with van der Waals surface area (Å²) in [4.78, 5) is 11.1. The number of sulfone groups is 1. The second kappa shape index (κ2) is 6.56. The average molecular weight is 377 g/mol. The van der Waals surface area contributed by atoms with Crippen LogP contribution in [0.3, 0.4) is 0 Å². The van der Waals surface area contributed by atoms with Crippen molar-refractivity contribution in [3.05, 3.63) is 54.0 Å². The van der Waals surface area contributed by atoms with Crippen LogP contribution < -0.4 is 4.74 Å². The van der Waals surface area contributed by atoms with Gasteiger partial charge in [-0.25, -0.2) is 22.7 Å². The number of ether oxygens (including phenoxy) is 1. The largest absolute Gasteiger partial charge is 0.476 e. The Morgan fingerprint density at radius 1 is 1.15 bits per heavy atom. The van der Waals surface area contributed by atoms with E-state index in [0.717, 1.165) is 6.26 Å².